The second-order valence-electron chi connectivity index (χ2n) is 3.07. The molecule has 0 aliphatic carbocycles. The van der Waals surface area contributed by atoms with E-state index in [2.05, 4.69) is 4.98 Å². The molecule has 3 heteroatoms. The van der Waals surface area contributed by atoms with Crippen LogP contribution in [0.5, 0.6) is 0 Å². The van der Waals surface area contributed by atoms with Gasteiger partial charge in [0.25, 0.3) is 0 Å². The molecule has 62 valence electrons. The van der Waals surface area contributed by atoms with Crippen LogP contribution in [0, 0.1) is 13.8 Å². The summed E-state index contributed by atoms with van der Waals surface area (Å²) in [5.41, 5.74) is 9.58. The summed E-state index contributed by atoms with van der Waals surface area (Å²) in [5, 5.41) is 0. The molecule has 12 heavy (non-hydrogen) atoms. The molecule has 0 aromatic carbocycles. The first-order chi connectivity index (χ1) is 5.66. The van der Waals surface area contributed by atoms with Crippen molar-refractivity contribution < 1.29 is 0 Å². The Bertz CT molecular complexity index is 429. The summed E-state index contributed by atoms with van der Waals surface area (Å²) in [4.78, 5) is 4.36. The van der Waals surface area contributed by atoms with Gasteiger partial charge in [-0.25, -0.2) is 4.98 Å². The van der Waals surface area contributed by atoms with Gasteiger partial charge in [0.05, 0.1) is 5.69 Å². The van der Waals surface area contributed by atoms with E-state index in [-0.39, 0.29) is 0 Å². The fraction of sp³-hybridized carbons (Fsp3) is 0.222. The third-order valence-corrected chi connectivity index (χ3v) is 1.88. The van der Waals surface area contributed by atoms with Gasteiger partial charge in [-0.2, -0.15) is 0 Å². The lowest BCUT2D eigenvalue weighted by molar-refractivity contribution is 1.17. The highest BCUT2D eigenvalue weighted by Crippen LogP contribution is 2.13. The zero-order valence-electron chi connectivity index (χ0n) is 7.20. The van der Waals surface area contributed by atoms with Gasteiger partial charge in [-0.15, -0.1) is 0 Å². The van der Waals surface area contributed by atoms with E-state index in [1.807, 2.05) is 36.7 Å². The lowest BCUT2D eigenvalue weighted by Crippen LogP contribution is -1.92. The average Bonchev–Trinajstić information content (AvgIpc) is 2.29. The molecular weight excluding hydrogens is 150 g/mol. The van der Waals surface area contributed by atoms with Crippen molar-refractivity contribution in [2.75, 3.05) is 5.73 Å². The zero-order valence-corrected chi connectivity index (χ0v) is 7.20. The molecular formula is C9H11N3. The van der Waals surface area contributed by atoms with Crippen LogP contribution in [0.15, 0.2) is 18.5 Å². The normalized spacial score (nSPS) is 10.8. The van der Waals surface area contributed by atoms with Crippen LogP contribution in [0.1, 0.15) is 11.3 Å². The quantitative estimate of drug-likeness (QED) is 0.636. The SMILES string of the molecule is Cc1cn2cc(N)cc(C)c2n1. The second-order valence-corrected chi connectivity index (χ2v) is 3.07. The number of aromatic nitrogens is 2. The van der Waals surface area contributed by atoms with Gasteiger partial charge in [0.15, 0.2) is 0 Å². The van der Waals surface area contributed by atoms with Gasteiger partial charge in [-0.1, -0.05) is 0 Å². The van der Waals surface area contributed by atoms with Gasteiger partial charge in [0, 0.05) is 18.1 Å². The summed E-state index contributed by atoms with van der Waals surface area (Å²) >= 11 is 0. The summed E-state index contributed by atoms with van der Waals surface area (Å²) in [7, 11) is 0. The molecule has 0 spiro atoms. The first kappa shape index (κ1) is 7.16. The number of aryl methyl sites for hydroxylation is 2. The second kappa shape index (κ2) is 2.24. The van der Waals surface area contributed by atoms with Crippen LogP contribution < -0.4 is 5.73 Å². The highest BCUT2D eigenvalue weighted by atomic mass is 15.0. The smallest absolute Gasteiger partial charge is 0.140 e. The molecule has 0 atom stereocenters. The number of pyridine rings is 1. The lowest BCUT2D eigenvalue weighted by Gasteiger charge is -1.98. The van der Waals surface area contributed by atoms with E-state index in [1.165, 1.54) is 0 Å². The Kier molecular flexibility index (Phi) is 1.33. The highest BCUT2D eigenvalue weighted by molar-refractivity contribution is 5.54. The minimum atomic E-state index is 0.775. The van der Waals surface area contributed by atoms with Crippen LogP contribution in [0.2, 0.25) is 0 Å². The Morgan fingerprint density at radius 2 is 2.08 bits per heavy atom. The first-order valence-corrected chi connectivity index (χ1v) is 3.88. The lowest BCUT2D eigenvalue weighted by atomic mass is 10.3. The monoisotopic (exact) mass is 161 g/mol. The van der Waals surface area contributed by atoms with E-state index < -0.39 is 0 Å². The molecule has 0 bridgehead atoms. The van der Waals surface area contributed by atoms with E-state index >= 15 is 0 Å². The van der Waals surface area contributed by atoms with Gasteiger partial charge in [0.1, 0.15) is 5.65 Å². The number of fused-ring (bicyclic) bond motifs is 1. The van der Waals surface area contributed by atoms with Crippen molar-refractivity contribution in [3.63, 3.8) is 0 Å². The molecule has 0 saturated heterocycles. The average molecular weight is 161 g/mol. The molecule has 0 fully saturated rings. The molecule has 2 aromatic heterocycles. The van der Waals surface area contributed by atoms with Crippen LogP contribution in [-0.2, 0) is 0 Å². The van der Waals surface area contributed by atoms with Crippen LogP contribution in [0.3, 0.4) is 0 Å². The van der Waals surface area contributed by atoms with Crippen molar-refractivity contribution in [2.24, 2.45) is 0 Å². The third kappa shape index (κ3) is 0.942. The van der Waals surface area contributed by atoms with Crippen LogP contribution >= 0.6 is 0 Å². The van der Waals surface area contributed by atoms with Gasteiger partial charge in [-0.05, 0) is 25.5 Å². The fourth-order valence-corrected chi connectivity index (χ4v) is 1.42. The largest absolute Gasteiger partial charge is 0.398 e. The number of rotatable bonds is 0. The minimum Gasteiger partial charge on any atom is -0.398 e. The number of imidazole rings is 1. The van der Waals surface area contributed by atoms with Crippen LogP contribution in [0.25, 0.3) is 5.65 Å². The molecule has 2 heterocycles. The Hall–Kier alpha value is -1.51. The standard InChI is InChI=1S/C9H11N3/c1-6-3-8(10)5-12-4-7(2)11-9(6)12/h3-5H,10H2,1-2H3. The molecule has 0 unspecified atom stereocenters. The summed E-state index contributed by atoms with van der Waals surface area (Å²) in [6.45, 7) is 3.99. The molecule has 0 amide bonds. The predicted octanol–water partition coefficient (Wildman–Crippen LogP) is 1.53. The van der Waals surface area contributed by atoms with Crippen molar-refractivity contribution >= 4 is 11.3 Å². The summed E-state index contributed by atoms with van der Waals surface area (Å²) < 4.78 is 1.96. The number of anilines is 1. The Morgan fingerprint density at radius 3 is 2.83 bits per heavy atom. The van der Waals surface area contributed by atoms with E-state index in [0.717, 1.165) is 22.6 Å². The maximum atomic E-state index is 5.69. The van der Waals surface area contributed by atoms with E-state index in [4.69, 9.17) is 5.73 Å². The Morgan fingerprint density at radius 1 is 1.33 bits per heavy atom. The molecule has 2 aromatic rings. The predicted molar refractivity (Wildman–Crippen MR) is 49.1 cm³/mol. The number of nitrogens with two attached hydrogens (primary N) is 1. The van der Waals surface area contributed by atoms with Gasteiger partial charge in [-0.3, -0.25) is 0 Å². The van der Waals surface area contributed by atoms with E-state index in [0.29, 0.717) is 0 Å². The summed E-state index contributed by atoms with van der Waals surface area (Å²) in [5.74, 6) is 0. The van der Waals surface area contributed by atoms with Crippen LogP contribution in [0.4, 0.5) is 5.69 Å². The van der Waals surface area contributed by atoms with Crippen molar-refractivity contribution in [3.8, 4) is 0 Å². The van der Waals surface area contributed by atoms with Crippen molar-refractivity contribution in [1.82, 2.24) is 9.38 Å². The summed E-state index contributed by atoms with van der Waals surface area (Å²) in [6.07, 6.45) is 3.85. The third-order valence-electron chi connectivity index (χ3n) is 1.88. The highest BCUT2D eigenvalue weighted by Gasteiger charge is 2.00. The van der Waals surface area contributed by atoms with Crippen LogP contribution in [-0.4, -0.2) is 9.38 Å². The van der Waals surface area contributed by atoms with Gasteiger partial charge >= 0.3 is 0 Å². The maximum absolute atomic E-state index is 5.69. The van der Waals surface area contributed by atoms with E-state index in [9.17, 15) is 0 Å². The maximum Gasteiger partial charge on any atom is 0.140 e. The van der Waals surface area contributed by atoms with E-state index in [1.54, 1.807) is 0 Å². The Balaban J connectivity index is 2.88. The number of nitrogen functional groups attached to an aromatic ring is 1. The molecule has 0 aliphatic rings. The Labute approximate surface area is 70.8 Å². The van der Waals surface area contributed by atoms with Crippen molar-refractivity contribution in [3.05, 3.63) is 29.7 Å². The first-order valence-electron chi connectivity index (χ1n) is 3.88. The molecule has 0 radical (unpaired) electrons. The minimum absolute atomic E-state index is 0.775. The molecule has 0 saturated carbocycles. The van der Waals surface area contributed by atoms with Gasteiger partial charge in [0.2, 0.25) is 0 Å². The molecule has 0 aliphatic heterocycles. The molecule has 3 nitrogen and oxygen atoms in total. The van der Waals surface area contributed by atoms with Crippen molar-refractivity contribution in [2.45, 2.75) is 13.8 Å². The number of hydrogen-bond donors (Lipinski definition) is 1. The zero-order chi connectivity index (χ0) is 8.72. The summed E-state index contributed by atoms with van der Waals surface area (Å²) in [6, 6.07) is 1.93. The topological polar surface area (TPSA) is 43.3 Å². The fourth-order valence-electron chi connectivity index (χ4n) is 1.42. The molecule has 2 rings (SSSR count). The number of nitrogens with zero attached hydrogens (tertiary/aromatic N) is 2. The number of hydrogen-bond acceptors (Lipinski definition) is 2. The van der Waals surface area contributed by atoms with Gasteiger partial charge < -0.3 is 10.1 Å². The molecule has 2 N–H and O–H groups in total. The van der Waals surface area contributed by atoms with Crippen molar-refractivity contribution in [1.29, 1.82) is 0 Å².